The van der Waals surface area contributed by atoms with Crippen molar-refractivity contribution in [2.75, 3.05) is 13.1 Å². The van der Waals surface area contributed by atoms with Crippen LogP contribution in [0.3, 0.4) is 0 Å². The molecule has 0 aromatic carbocycles. The Morgan fingerprint density at radius 2 is 2.24 bits per heavy atom. The third kappa shape index (κ3) is 2.72. The number of hydrogen-bond donors (Lipinski definition) is 1. The zero-order chi connectivity index (χ0) is 11.8. The fourth-order valence-electron chi connectivity index (χ4n) is 2.75. The van der Waals surface area contributed by atoms with Gasteiger partial charge in [0.2, 0.25) is 0 Å². The predicted octanol–water partition coefficient (Wildman–Crippen LogP) is 2.63. The number of aryl methyl sites for hydroxylation is 1. The van der Waals surface area contributed by atoms with Gasteiger partial charge in [0, 0.05) is 41.5 Å². The summed E-state index contributed by atoms with van der Waals surface area (Å²) >= 11 is 1.95. The molecular formula is C14H22N2S. The molecule has 2 nitrogen and oxygen atoms in total. The molecule has 2 atom stereocenters. The number of thiophene rings is 1. The molecule has 1 aliphatic carbocycles. The number of piperazine rings is 1. The summed E-state index contributed by atoms with van der Waals surface area (Å²) in [5.74, 6) is 0.968. The van der Waals surface area contributed by atoms with Crippen LogP contribution in [0.25, 0.3) is 0 Å². The van der Waals surface area contributed by atoms with E-state index in [4.69, 9.17) is 0 Å². The second-order valence-corrected chi connectivity index (χ2v) is 7.02. The molecule has 2 heterocycles. The third-order valence-electron chi connectivity index (χ3n) is 4.08. The quantitative estimate of drug-likeness (QED) is 0.887. The number of nitrogens with zero attached hydrogens (tertiary/aromatic N) is 1. The summed E-state index contributed by atoms with van der Waals surface area (Å²) in [6.07, 6.45) is 2.88. The van der Waals surface area contributed by atoms with E-state index in [1.165, 1.54) is 29.1 Å². The van der Waals surface area contributed by atoms with Crippen LogP contribution in [0, 0.1) is 12.8 Å². The van der Waals surface area contributed by atoms with Gasteiger partial charge in [-0.3, -0.25) is 4.90 Å². The van der Waals surface area contributed by atoms with E-state index in [2.05, 4.69) is 36.2 Å². The van der Waals surface area contributed by atoms with E-state index in [9.17, 15) is 0 Å². The summed E-state index contributed by atoms with van der Waals surface area (Å²) in [5, 5.41) is 3.71. The smallest absolute Gasteiger partial charge is 0.0332 e. The number of rotatable bonds is 3. The Hall–Kier alpha value is -0.380. The first-order valence-corrected chi connectivity index (χ1v) is 7.57. The highest BCUT2D eigenvalue weighted by Crippen LogP contribution is 2.34. The highest BCUT2D eigenvalue weighted by atomic mass is 32.1. The van der Waals surface area contributed by atoms with Gasteiger partial charge in [-0.25, -0.2) is 0 Å². The minimum absolute atomic E-state index is 0.674. The Morgan fingerprint density at radius 3 is 2.88 bits per heavy atom. The van der Waals surface area contributed by atoms with Crippen LogP contribution in [0.4, 0.5) is 0 Å². The molecule has 3 heteroatoms. The molecule has 1 N–H and O–H groups in total. The van der Waals surface area contributed by atoms with Crippen LogP contribution in [0.15, 0.2) is 12.1 Å². The Labute approximate surface area is 108 Å². The number of hydrogen-bond acceptors (Lipinski definition) is 3. The second-order valence-electron chi connectivity index (χ2n) is 5.64. The molecule has 0 bridgehead atoms. The van der Waals surface area contributed by atoms with Gasteiger partial charge in [0.1, 0.15) is 0 Å². The van der Waals surface area contributed by atoms with Crippen molar-refractivity contribution < 1.29 is 0 Å². The molecule has 94 valence electrons. The van der Waals surface area contributed by atoms with Gasteiger partial charge < -0.3 is 5.32 Å². The van der Waals surface area contributed by atoms with Crippen LogP contribution in [-0.2, 0) is 6.54 Å². The van der Waals surface area contributed by atoms with E-state index >= 15 is 0 Å². The molecule has 0 amide bonds. The molecule has 0 spiro atoms. The Morgan fingerprint density at radius 1 is 1.41 bits per heavy atom. The first-order valence-electron chi connectivity index (χ1n) is 6.75. The second kappa shape index (κ2) is 4.71. The van der Waals surface area contributed by atoms with Crippen LogP contribution >= 0.6 is 11.3 Å². The summed E-state index contributed by atoms with van der Waals surface area (Å²) in [6, 6.07) is 5.96. The van der Waals surface area contributed by atoms with Gasteiger partial charge in [0.05, 0.1) is 0 Å². The molecule has 1 saturated heterocycles. The molecule has 1 aromatic rings. The third-order valence-corrected chi connectivity index (χ3v) is 5.06. The largest absolute Gasteiger partial charge is 0.311 e. The molecule has 2 fully saturated rings. The lowest BCUT2D eigenvalue weighted by atomic mass is 10.1. The van der Waals surface area contributed by atoms with Crippen LogP contribution in [0.5, 0.6) is 0 Å². The van der Waals surface area contributed by atoms with Crippen LogP contribution in [-0.4, -0.2) is 30.1 Å². The van der Waals surface area contributed by atoms with Gasteiger partial charge >= 0.3 is 0 Å². The van der Waals surface area contributed by atoms with Gasteiger partial charge in [-0.1, -0.05) is 0 Å². The van der Waals surface area contributed by atoms with Crippen molar-refractivity contribution in [3.63, 3.8) is 0 Å². The molecule has 1 aromatic heterocycles. The standard InChI is InChI=1S/C14H22N2S/c1-10-7-15-14(12-4-5-12)9-16(10)8-13-6-3-11(2)17-13/h3,6,10,12,14-15H,4-5,7-9H2,1-2H3. The van der Waals surface area contributed by atoms with Gasteiger partial charge in [-0.05, 0) is 44.7 Å². The average molecular weight is 250 g/mol. The topological polar surface area (TPSA) is 15.3 Å². The molecule has 1 saturated carbocycles. The molecule has 17 heavy (non-hydrogen) atoms. The monoisotopic (exact) mass is 250 g/mol. The maximum atomic E-state index is 3.71. The minimum Gasteiger partial charge on any atom is -0.311 e. The lowest BCUT2D eigenvalue weighted by molar-refractivity contribution is 0.126. The van der Waals surface area contributed by atoms with Crippen molar-refractivity contribution in [3.05, 3.63) is 21.9 Å². The Bertz CT molecular complexity index is 383. The summed E-state index contributed by atoms with van der Waals surface area (Å²) in [5.41, 5.74) is 0. The maximum Gasteiger partial charge on any atom is 0.0332 e. The summed E-state index contributed by atoms with van der Waals surface area (Å²) in [6.45, 7) is 8.08. The molecule has 2 aliphatic rings. The van der Waals surface area contributed by atoms with E-state index in [0.29, 0.717) is 6.04 Å². The first-order chi connectivity index (χ1) is 8.22. The lowest BCUT2D eigenvalue weighted by Gasteiger charge is -2.38. The molecule has 2 unspecified atom stereocenters. The highest BCUT2D eigenvalue weighted by molar-refractivity contribution is 7.11. The maximum absolute atomic E-state index is 3.71. The van der Waals surface area contributed by atoms with E-state index < -0.39 is 0 Å². The van der Waals surface area contributed by atoms with Gasteiger partial charge in [-0.15, -0.1) is 11.3 Å². The molecule has 0 radical (unpaired) electrons. The van der Waals surface area contributed by atoms with E-state index in [1.54, 1.807) is 0 Å². The van der Waals surface area contributed by atoms with Crippen LogP contribution < -0.4 is 5.32 Å². The summed E-state index contributed by atoms with van der Waals surface area (Å²) < 4.78 is 0. The fraction of sp³-hybridized carbons (Fsp3) is 0.714. The normalized spacial score (nSPS) is 30.7. The minimum atomic E-state index is 0.674. The molecule has 1 aliphatic heterocycles. The highest BCUT2D eigenvalue weighted by Gasteiger charge is 2.35. The van der Waals surface area contributed by atoms with Crippen molar-refractivity contribution in [3.8, 4) is 0 Å². The van der Waals surface area contributed by atoms with Crippen molar-refractivity contribution in [1.82, 2.24) is 10.2 Å². The van der Waals surface area contributed by atoms with Crippen LogP contribution in [0.1, 0.15) is 29.5 Å². The van der Waals surface area contributed by atoms with E-state index in [-0.39, 0.29) is 0 Å². The lowest BCUT2D eigenvalue weighted by Crippen LogP contribution is -2.55. The average Bonchev–Trinajstić information content (AvgIpc) is 3.07. The van der Waals surface area contributed by atoms with Crippen molar-refractivity contribution in [1.29, 1.82) is 0 Å². The molecular weight excluding hydrogens is 228 g/mol. The van der Waals surface area contributed by atoms with E-state index in [0.717, 1.165) is 25.0 Å². The van der Waals surface area contributed by atoms with Crippen molar-refractivity contribution >= 4 is 11.3 Å². The zero-order valence-electron chi connectivity index (χ0n) is 10.8. The SMILES string of the molecule is Cc1ccc(CN2CC(C3CC3)NCC2C)s1. The summed E-state index contributed by atoms with van der Waals surface area (Å²) in [4.78, 5) is 5.61. The van der Waals surface area contributed by atoms with Gasteiger partial charge in [-0.2, -0.15) is 0 Å². The summed E-state index contributed by atoms with van der Waals surface area (Å²) in [7, 11) is 0. The zero-order valence-corrected chi connectivity index (χ0v) is 11.6. The Kier molecular flexibility index (Phi) is 3.24. The molecule has 3 rings (SSSR count). The predicted molar refractivity (Wildman–Crippen MR) is 73.4 cm³/mol. The number of nitrogens with one attached hydrogen (secondary N) is 1. The van der Waals surface area contributed by atoms with E-state index in [1.807, 2.05) is 11.3 Å². The van der Waals surface area contributed by atoms with Crippen molar-refractivity contribution in [2.24, 2.45) is 5.92 Å². The van der Waals surface area contributed by atoms with Gasteiger partial charge in [0.15, 0.2) is 0 Å². The fourth-order valence-corrected chi connectivity index (χ4v) is 3.67. The van der Waals surface area contributed by atoms with Crippen molar-refractivity contribution in [2.45, 2.75) is 45.3 Å². The van der Waals surface area contributed by atoms with Crippen LogP contribution in [0.2, 0.25) is 0 Å². The Balaban J connectivity index is 1.63. The first kappa shape index (κ1) is 11.7. The van der Waals surface area contributed by atoms with Gasteiger partial charge in [0.25, 0.3) is 0 Å².